The van der Waals surface area contributed by atoms with Crippen LogP contribution in [0.25, 0.3) is 0 Å². The Labute approximate surface area is 174 Å². The summed E-state index contributed by atoms with van der Waals surface area (Å²) >= 11 is 0. The van der Waals surface area contributed by atoms with Gasteiger partial charge in [0.05, 0.1) is 6.10 Å². The van der Waals surface area contributed by atoms with Gasteiger partial charge in [0.2, 0.25) is 0 Å². The predicted octanol–water partition coefficient (Wildman–Crippen LogP) is 7.39. The lowest BCUT2D eigenvalue weighted by Gasteiger charge is -2.58. The molecule has 8 atom stereocenters. The largest absolute Gasteiger partial charge is 0.393 e. The van der Waals surface area contributed by atoms with Crippen molar-refractivity contribution in [2.45, 2.75) is 111 Å². The molecule has 0 spiro atoms. The van der Waals surface area contributed by atoms with Crippen LogP contribution < -0.4 is 0 Å². The molecule has 0 amide bonds. The number of fused-ring (bicyclic) bond motifs is 5. The molecule has 0 aromatic carbocycles. The molecule has 0 bridgehead atoms. The molecule has 3 fully saturated rings. The van der Waals surface area contributed by atoms with Crippen molar-refractivity contribution in [3.05, 3.63) is 11.6 Å². The number of hydrogen-bond acceptors (Lipinski definition) is 1. The van der Waals surface area contributed by atoms with E-state index in [1.165, 1.54) is 57.8 Å². The monoisotopic (exact) mass is 386 g/mol. The summed E-state index contributed by atoms with van der Waals surface area (Å²) in [6.07, 6.45) is 17.2. The fourth-order valence-corrected chi connectivity index (χ4v) is 8.67. The van der Waals surface area contributed by atoms with Crippen LogP contribution in [0.3, 0.4) is 0 Å². The van der Waals surface area contributed by atoms with E-state index in [0.717, 1.165) is 48.3 Å². The molecule has 1 heteroatoms. The van der Waals surface area contributed by atoms with Gasteiger partial charge in [-0.1, -0.05) is 65.5 Å². The van der Waals surface area contributed by atoms with Gasteiger partial charge in [0.25, 0.3) is 0 Å². The Balaban J connectivity index is 1.49. The zero-order valence-corrected chi connectivity index (χ0v) is 19.3. The van der Waals surface area contributed by atoms with Crippen LogP contribution in [-0.4, -0.2) is 11.2 Å². The number of rotatable bonds is 5. The van der Waals surface area contributed by atoms with Crippen molar-refractivity contribution in [3.8, 4) is 0 Å². The lowest BCUT2D eigenvalue weighted by atomic mass is 9.47. The smallest absolute Gasteiger partial charge is 0.0577 e. The third-order valence-corrected chi connectivity index (χ3v) is 10.3. The van der Waals surface area contributed by atoms with Crippen LogP contribution in [0.1, 0.15) is 105 Å². The van der Waals surface area contributed by atoms with Crippen molar-refractivity contribution in [3.63, 3.8) is 0 Å². The summed E-state index contributed by atoms with van der Waals surface area (Å²) in [4.78, 5) is 0. The van der Waals surface area contributed by atoms with E-state index < -0.39 is 0 Å². The van der Waals surface area contributed by atoms with E-state index >= 15 is 0 Å². The highest BCUT2D eigenvalue weighted by atomic mass is 16.3. The first-order valence-corrected chi connectivity index (χ1v) is 12.6. The second kappa shape index (κ2) is 7.75. The number of hydrogen-bond donors (Lipinski definition) is 1. The summed E-state index contributed by atoms with van der Waals surface area (Å²) < 4.78 is 0. The predicted molar refractivity (Wildman–Crippen MR) is 119 cm³/mol. The maximum absolute atomic E-state index is 10.2. The Hall–Kier alpha value is -0.300. The Morgan fingerprint density at radius 1 is 1.00 bits per heavy atom. The molecular formula is C27H46O. The number of aliphatic hydroxyl groups is 1. The van der Waals surface area contributed by atoms with Gasteiger partial charge in [-0.05, 0) is 97.7 Å². The van der Waals surface area contributed by atoms with Gasteiger partial charge in [-0.2, -0.15) is 0 Å². The van der Waals surface area contributed by atoms with E-state index in [1.807, 2.05) is 0 Å². The summed E-state index contributed by atoms with van der Waals surface area (Å²) in [5, 5.41) is 10.2. The van der Waals surface area contributed by atoms with E-state index in [9.17, 15) is 5.11 Å². The van der Waals surface area contributed by atoms with Crippen molar-refractivity contribution in [2.75, 3.05) is 0 Å². The van der Waals surface area contributed by atoms with Gasteiger partial charge in [0.1, 0.15) is 0 Å². The maximum Gasteiger partial charge on any atom is 0.0577 e. The van der Waals surface area contributed by atoms with Crippen molar-refractivity contribution in [1.82, 2.24) is 0 Å². The van der Waals surface area contributed by atoms with Crippen molar-refractivity contribution in [2.24, 2.45) is 46.3 Å². The molecule has 4 rings (SSSR count). The van der Waals surface area contributed by atoms with Crippen molar-refractivity contribution < 1.29 is 5.11 Å². The number of aliphatic hydroxyl groups excluding tert-OH is 1. The van der Waals surface area contributed by atoms with E-state index in [1.54, 1.807) is 5.57 Å². The van der Waals surface area contributed by atoms with Gasteiger partial charge >= 0.3 is 0 Å². The first-order chi connectivity index (χ1) is 13.3. The minimum atomic E-state index is -0.0766. The SMILES string of the molecule is CC(C)CCCC(C)[C@H]1CC[C@H]2[C@@H]3CC=C4C[C@@H](O)CC[C@]4(C)[C@H]3CC[C@]12C. The van der Waals surface area contributed by atoms with E-state index in [2.05, 4.69) is 40.7 Å². The standard InChI is InChI=1S/C27H46O/c1-18(2)7-6-8-19(3)23-11-12-24-22-10-9-20-17-21(28)13-15-26(20,4)25(22)14-16-27(23,24)5/h9,18-19,21-25,28H,6-8,10-17H2,1-5H3/t19?,21-,22-,23+,24-,25-,26-,27+/m0/s1. The summed E-state index contributed by atoms with van der Waals surface area (Å²) in [5.74, 6) is 5.46. The molecule has 4 aliphatic rings. The van der Waals surface area contributed by atoms with Crippen LogP contribution in [0.5, 0.6) is 0 Å². The Bertz CT molecular complexity index is 591. The van der Waals surface area contributed by atoms with Gasteiger partial charge < -0.3 is 5.11 Å². The highest BCUT2D eigenvalue weighted by molar-refractivity contribution is 5.25. The highest BCUT2D eigenvalue weighted by Gasteiger charge is 2.59. The first-order valence-electron chi connectivity index (χ1n) is 12.6. The zero-order valence-electron chi connectivity index (χ0n) is 19.3. The third kappa shape index (κ3) is 3.42. The molecule has 3 saturated carbocycles. The second-order valence-corrected chi connectivity index (χ2v) is 12.2. The molecule has 1 N–H and O–H groups in total. The molecule has 0 radical (unpaired) electrons. The van der Waals surface area contributed by atoms with Crippen LogP contribution in [0, 0.1) is 46.3 Å². The van der Waals surface area contributed by atoms with Gasteiger partial charge in [-0.3, -0.25) is 0 Å². The van der Waals surface area contributed by atoms with Crippen molar-refractivity contribution >= 4 is 0 Å². The molecule has 1 nitrogen and oxygen atoms in total. The fourth-order valence-electron chi connectivity index (χ4n) is 8.67. The molecule has 0 heterocycles. The highest BCUT2D eigenvalue weighted by Crippen LogP contribution is 2.67. The molecule has 0 saturated heterocycles. The Kier molecular flexibility index (Phi) is 5.80. The summed E-state index contributed by atoms with van der Waals surface area (Å²) in [6.45, 7) is 12.6. The fraction of sp³-hybridized carbons (Fsp3) is 0.926. The minimum absolute atomic E-state index is 0.0766. The van der Waals surface area contributed by atoms with Crippen LogP contribution in [0.15, 0.2) is 11.6 Å². The lowest BCUT2D eigenvalue weighted by molar-refractivity contribution is -0.0573. The number of allylic oxidation sites excluding steroid dienone is 1. The maximum atomic E-state index is 10.2. The Morgan fingerprint density at radius 3 is 2.54 bits per heavy atom. The van der Waals surface area contributed by atoms with E-state index in [4.69, 9.17) is 0 Å². The summed E-state index contributed by atoms with van der Waals surface area (Å²) in [7, 11) is 0. The van der Waals surface area contributed by atoms with Crippen LogP contribution in [0.4, 0.5) is 0 Å². The van der Waals surface area contributed by atoms with Gasteiger partial charge in [-0.25, -0.2) is 0 Å². The van der Waals surface area contributed by atoms with Gasteiger partial charge in [-0.15, -0.1) is 0 Å². The molecule has 160 valence electrons. The molecule has 0 aromatic rings. The van der Waals surface area contributed by atoms with E-state index in [-0.39, 0.29) is 6.10 Å². The molecule has 0 aromatic heterocycles. The third-order valence-electron chi connectivity index (χ3n) is 10.3. The van der Waals surface area contributed by atoms with Gasteiger partial charge in [0.15, 0.2) is 0 Å². The minimum Gasteiger partial charge on any atom is -0.393 e. The first kappa shape index (κ1) is 21.0. The van der Waals surface area contributed by atoms with Crippen molar-refractivity contribution in [1.29, 1.82) is 0 Å². The summed E-state index contributed by atoms with van der Waals surface area (Å²) in [5.41, 5.74) is 2.60. The topological polar surface area (TPSA) is 20.2 Å². The van der Waals surface area contributed by atoms with E-state index in [0.29, 0.717) is 10.8 Å². The Morgan fingerprint density at radius 2 is 1.79 bits per heavy atom. The zero-order chi connectivity index (χ0) is 20.1. The van der Waals surface area contributed by atoms with Crippen LogP contribution in [0.2, 0.25) is 0 Å². The average molecular weight is 387 g/mol. The quantitative estimate of drug-likeness (QED) is 0.488. The summed E-state index contributed by atoms with van der Waals surface area (Å²) in [6, 6.07) is 0. The lowest BCUT2D eigenvalue weighted by Crippen LogP contribution is -2.50. The molecule has 1 unspecified atom stereocenters. The molecular weight excluding hydrogens is 340 g/mol. The van der Waals surface area contributed by atoms with Gasteiger partial charge in [0, 0.05) is 0 Å². The molecule has 0 aliphatic heterocycles. The normalized spacial score (nSPS) is 46.5. The molecule has 4 aliphatic carbocycles. The molecule has 28 heavy (non-hydrogen) atoms. The average Bonchev–Trinajstić information content (AvgIpc) is 2.99. The van der Waals surface area contributed by atoms with Crippen LogP contribution in [-0.2, 0) is 0 Å². The van der Waals surface area contributed by atoms with Crippen LogP contribution >= 0.6 is 0 Å². The second-order valence-electron chi connectivity index (χ2n) is 12.2.